The summed E-state index contributed by atoms with van der Waals surface area (Å²) in [6, 6.07) is 0. The van der Waals surface area contributed by atoms with E-state index in [4.69, 9.17) is 9.47 Å². The number of rotatable bonds is 3. The molecule has 60 valence electrons. The van der Waals surface area contributed by atoms with Crippen LogP contribution in [0.2, 0.25) is 0 Å². The Morgan fingerprint density at radius 3 is 3.00 bits per heavy atom. The van der Waals surface area contributed by atoms with Crippen LogP contribution in [0.25, 0.3) is 0 Å². The van der Waals surface area contributed by atoms with Gasteiger partial charge < -0.3 is 9.47 Å². The zero-order chi connectivity index (χ0) is 7.23. The molecule has 0 spiro atoms. The Hall–Kier alpha value is -0.0800. The predicted octanol–water partition coefficient (Wildman–Crippen LogP) is 1.59. The topological polar surface area (TPSA) is 18.5 Å². The first kappa shape index (κ1) is 8.02. The Morgan fingerprint density at radius 2 is 2.40 bits per heavy atom. The van der Waals surface area contributed by atoms with E-state index in [2.05, 4.69) is 0 Å². The maximum Gasteiger partial charge on any atom is 0.0808 e. The van der Waals surface area contributed by atoms with Gasteiger partial charge in [0.05, 0.1) is 12.7 Å². The summed E-state index contributed by atoms with van der Waals surface area (Å²) in [5, 5.41) is 0. The number of hydrogen-bond donors (Lipinski definition) is 0. The Bertz CT molecular complexity index is 77.3. The fraction of sp³-hybridized carbons (Fsp3) is 1.00. The summed E-state index contributed by atoms with van der Waals surface area (Å²) in [4.78, 5) is 0. The maximum atomic E-state index is 5.46. The molecule has 1 aliphatic heterocycles. The average Bonchev–Trinajstić information content (AvgIpc) is 2.03. The van der Waals surface area contributed by atoms with Gasteiger partial charge in [-0.2, -0.15) is 0 Å². The fourth-order valence-corrected chi connectivity index (χ4v) is 1.19. The summed E-state index contributed by atoms with van der Waals surface area (Å²) in [6.45, 7) is 4.54. The lowest BCUT2D eigenvalue weighted by Crippen LogP contribution is -2.24. The van der Waals surface area contributed by atoms with Gasteiger partial charge in [-0.3, -0.25) is 0 Å². The molecular formula is C8H16O2. The van der Waals surface area contributed by atoms with Crippen molar-refractivity contribution in [3.63, 3.8) is 0 Å². The van der Waals surface area contributed by atoms with Gasteiger partial charge in [0.15, 0.2) is 0 Å². The van der Waals surface area contributed by atoms with Crippen LogP contribution in [0.3, 0.4) is 0 Å². The molecule has 0 radical (unpaired) electrons. The quantitative estimate of drug-likeness (QED) is 0.599. The Morgan fingerprint density at radius 1 is 1.50 bits per heavy atom. The van der Waals surface area contributed by atoms with Gasteiger partial charge in [-0.05, 0) is 26.2 Å². The van der Waals surface area contributed by atoms with Crippen LogP contribution in [0.1, 0.15) is 26.2 Å². The van der Waals surface area contributed by atoms with Crippen LogP contribution in [0.4, 0.5) is 0 Å². The molecule has 10 heavy (non-hydrogen) atoms. The van der Waals surface area contributed by atoms with Crippen molar-refractivity contribution in [2.75, 3.05) is 19.8 Å². The molecule has 2 heteroatoms. The lowest BCUT2D eigenvalue weighted by atomic mass is 10.1. The van der Waals surface area contributed by atoms with Crippen molar-refractivity contribution in [2.45, 2.75) is 32.3 Å². The van der Waals surface area contributed by atoms with E-state index >= 15 is 0 Å². The molecule has 0 aliphatic carbocycles. The van der Waals surface area contributed by atoms with Crippen LogP contribution < -0.4 is 0 Å². The molecule has 0 saturated carbocycles. The highest BCUT2D eigenvalue weighted by atomic mass is 16.5. The summed E-state index contributed by atoms with van der Waals surface area (Å²) in [5.74, 6) is 0. The van der Waals surface area contributed by atoms with Crippen molar-refractivity contribution in [2.24, 2.45) is 0 Å². The lowest BCUT2D eigenvalue weighted by Gasteiger charge is -2.21. The van der Waals surface area contributed by atoms with Crippen molar-refractivity contribution in [3.05, 3.63) is 0 Å². The fourth-order valence-electron chi connectivity index (χ4n) is 1.19. The van der Waals surface area contributed by atoms with Crippen molar-refractivity contribution in [1.82, 2.24) is 0 Å². The van der Waals surface area contributed by atoms with Gasteiger partial charge in [-0.15, -0.1) is 0 Å². The number of hydrogen-bond acceptors (Lipinski definition) is 2. The molecule has 0 aromatic carbocycles. The summed E-state index contributed by atoms with van der Waals surface area (Å²) in [7, 11) is 0. The van der Waals surface area contributed by atoms with Crippen LogP contribution in [0.5, 0.6) is 0 Å². The van der Waals surface area contributed by atoms with E-state index in [0.717, 1.165) is 19.8 Å². The first-order valence-electron chi connectivity index (χ1n) is 4.13. The van der Waals surface area contributed by atoms with E-state index < -0.39 is 0 Å². The van der Waals surface area contributed by atoms with E-state index in [9.17, 15) is 0 Å². The third-order valence-electron chi connectivity index (χ3n) is 1.78. The SMILES string of the molecule is CCOCC1CCCCO1. The van der Waals surface area contributed by atoms with Gasteiger partial charge in [-0.1, -0.05) is 0 Å². The van der Waals surface area contributed by atoms with Crippen LogP contribution in [0, 0.1) is 0 Å². The zero-order valence-electron chi connectivity index (χ0n) is 6.64. The molecule has 1 heterocycles. The third kappa shape index (κ3) is 2.67. The maximum absolute atomic E-state index is 5.46. The molecule has 1 unspecified atom stereocenters. The molecule has 0 aromatic rings. The minimum Gasteiger partial charge on any atom is -0.379 e. The van der Waals surface area contributed by atoms with Crippen LogP contribution in [-0.4, -0.2) is 25.9 Å². The van der Waals surface area contributed by atoms with Crippen LogP contribution in [-0.2, 0) is 9.47 Å². The van der Waals surface area contributed by atoms with Crippen molar-refractivity contribution >= 4 is 0 Å². The van der Waals surface area contributed by atoms with E-state index in [-0.39, 0.29) is 0 Å². The van der Waals surface area contributed by atoms with Gasteiger partial charge in [0.2, 0.25) is 0 Å². The summed E-state index contributed by atoms with van der Waals surface area (Å²) in [5.41, 5.74) is 0. The van der Waals surface area contributed by atoms with Gasteiger partial charge in [-0.25, -0.2) is 0 Å². The molecule has 0 amide bonds. The molecule has 1 fully saturated rings. The van der Waals surface area contributed by atoms with E-state index in [1.165, 1.54) is 19.3 Å². The molecule has 1 rings (SSSR count). The average molecular weight is 144 g/mol. The highest BCUT2D eigenvalue weighted by molar-refractivity contribution is 4.61. The van der Waals surface area contributed by atoms with Crippen LogP contribution >= 0.6 is 0 Å². The lowest BCUT2D eigenvalue weighted by molar-refractivity contribution is -0.0381. The summed E-state index contributed by atoms with van der Waals surface area (Å²) < 4.78 is 10.7. The Kier molecular flexibility index (Phi) is 3.76. The molecule has 1 saturated heterocycles. The summed E-state index contributed by atoms with van der Waals surface area (Å²) in [6.07, 6.45) is 4.09. The smallest absolute Gasteiger partial charge is 0.0808 e. The predicted molar refractivity (Wildman–Crippen MR) is 40.1 cm³/mol. The first-order chi connectivity index (χ1) is 4.93. The second kappa shape index (κ2) is 4.69. The van der Waals surface area contributed by atoms with E-state index in [0.29, 0.717) is 6.10 Å². The molecule has 0 aromatic heterocycles. The monoisotopic (exact) mass is 144 g/mol. The molecule has 0 bridgehead atoms. The molecule has 1 aliphatic rings. The Balaban J connectivity index is 2.02. The third-order valence-corrected chi connectivity index (χ3v) is 1.78. The summed E-state index contributed by atoms with van der Waals surface area (Å²) >= 11 is 0. The largest absolute Gasteiger partial charge is 0.379 e. The molecule has 2 nitrogen and oxygen atoms in total. The standard InChI is InChI=1S/C8H16O2/c1-2-9-7-8-5-3-4-6-10-8/h8H,2-7H2,1H3. The highest BCUT2D eigenvalue weighted by Gasteiger charge is 2.12. The minimum absolute atomic E-state index is 0.383. The molecular weight excluding hydrogens is 128 g/mol. The zero-order valence-corrected chi connectivity index (χ0v) is 6.64. The van der Waals surface area contributed by atoms with Gasteiger partial charge >= 0.3 is 0 Å². The second-order valence-corrected chi connectivity index (χ2v) is 2.65. The van der Waals surface area contributed by atoms with Gasteiger partial charge in [0.1, 0.15) is 0 Å². The molecule has 1 atom stereocenters. The van der Waals surface area contributed by atoms with Crippen molar-refractivity contribution in [1.29, 1.82) is 0 Å². The number of ether oxygens (including phenoxy) is 2. The second-order valence-electron chi connectivity index (χ2n) is 2.65. The Labute approximate surface area is 62.5 Å². The van der Waals surface area contributed by atoms with Crippen molar-refractivity contribution in [3.8, 4) is 0 Å². The van der Waals surface area contributed by atoms with E-state index in [1.807, 2.05) is 6.92 Å². The van der Waals surface area contributed by atoms with Gasteiger partial charge in [0, 0.05) is 13.2 Å². The van der Waals surface area contributed by atoms with E-state index in [1.54, 1.807) is 0 Å². The van der Waals surface area contributed by atoms with Crippen molar-refractivity contribution < 1.29 is 9.47 Å². The van der Waals surface area contributed by atoms with Crippen LogP contribution in [0.15, 0.2) is 0 Å². The van der Waals surface area contributed by atoms with Gasteiger partial charge in [0.25, 0.3) is 0 Å². The highest BCUT2D eigenvalue weighted by Crippen LogP contribution is 2.12. The minimum atomic E-state index is 0.383. The first-order valence-corrected chi connectivity index (χ1v) is 4.13. The normalized spacial score (nSPS) is 26.7. The molecule has 0 N–H and O–H groups in total.